The van der Waals surface area contributed by atoms with E-state index in [4.69, 9.17) is 23.6 Å². The smallest absolute Gasteiger partial charge is 0.286 e. The summed E-state index contributed by atoms with van der Waals surface area (Å²) in [4.78, 5) is 9.36. The zero-order valence-corrected chi connectivity index (χ0v) is 19.7. The van der Waals surface area contributed by atoms with Gasteiger partial charge >= 0.3 is 0 Å². The standard InChI is InChI=1S/C26H23N5O4/c1-15-9-11-16(12-10-15)25-30-31-26(35-25)24-28-19-8-6-5-7-18(19)23(29-24)27-17-13-20(32-2)22(34-4)21(14-17)33-3/h5-14H,1-4H3,(H,27,28,29). The minimum atomic E-state index is 0.222. The molecule has 35 heavy (non-hydrogen) atoms. The van der Waals surface area contributed by atoms with Crippen LogP contribution in [-0.2, 0) is 0 Å². The second-order valence-corrected chi connectivity index (χ2v) is 7.73. The number of hydrogen-bond donors (Lipinski definition) is 1. The summed E-state index contributed by atoms with van der Waals surface area (Å²) < 4.78 is 22.3. The fourth-order valence-corrected chi connectivity index (χ4v) is 3.68. The second kappa shape index (κ2) is 9.30. The van der Waals surface area contributed by atoms with Crippen LogP contribution in [0.2, 0.25) is 0 Å². The van der Waals surface area contributed by atoms with Crippen molar-refractivity contribution < 1.29 is 18.6 Å². The second-order valence-electron chi connectivity index (χ2n) is 7.73. The van der Waals surface area contributed by atoms with Gasteiger partial charge in [-0.1, -0.05) is 29.8 Å². The Labute approximate surface area is 201 Å². The first-order chi connectivity index (χ1) is 17.1. The first-order valence-corrected chi connectivity index (χ1v) is 10.8. The highest BCUT2D eigenvalue weighted by Crippen LogP contribution is 2.41. The molecule has 2 aromatic heterocycles. The number of nitrogens with zero attached hydrogens (tertiary/aromatic N) is 4. The minimum absolute atomic E-state index is 0.222. The van der Waals surface area contributed by atoms with E-state index in [0.717, 1.165) is 22.0 Å². The maximum atomic E-state index is 5.92. The number of aromatic nitrogens is 4. The molecule has 5 rings (SSSR count). The predicted octanol–water partition coefficient (Wildman–Crippen LogP) is 5.42. The highest BCUT2D eigenvalue weighted by Gasteiger charge is 2.18. The molecule has 176 valence electrons. The SMILES string of the molecule is COc1cc(Nc2nc(-c3nnc(-c4ccc(C)cc4)o3)nc3ccccc23)cc(OC)c1OC. The molecule has 0 aliphatic carbocycles. The van der Waals surface area contributed by atoms with Crippen LogP contribution < -0.4 is 19.5 Å². The molecule has 0 amide bonds. The lowest BCUT2D eigenvalue weighted by Crippen LogP contribution is -2.01. The van der Waals surface area contributed by atoms with Crippen molar-refractivity contribution in [1.29, 1.82) is 0 Å². The summed E-state index contributed by atoms with van der Waals surface area (Å²) in [6, 6.07) is 19.1. The molecule has 0 spiro atoms. The molecule has 0 aliphatic heterocycles. The highest BCUT2D eigenvalue weighted by molar-refractivity contribution is 5.92. The zero-order valence-electron chi connectivity index (χ0n) is 19.7. The lowest BCUT2D eigenvalue weighted by Gasteiger charge is -2.15. The summed E-state index contributed by atoms with van der Waals surface area (Å²) in [6.07, 6.45) is 0. The van der Waals surface area contributed by atoms with E-state index in [1.54, 1.807) is 33.5 Å². The molecule has 0 atom stereocenters. The maximum Gasteiger partial charge on any atom is 0.286 e. The largest absolute Gasteiger partial charge is 0.493 e. The van der Waals surface area contributed by atoms with Crippen LogP contribution in [0, 0.1) is 6.92 Å². The van der Waals surface area contributed by atoms with Crippen molar-refractivity contribution in [1.82, 2.24) is 20.2 Å². The quantitative estimate of drug-likeness (QED) is 0.334. The van der Waals surface area contributed by atoms with E-state index in [1.165, 1.54) is 0 Å². The van der Waals surface area contributed by atoms with E-state index in [9.17, 15) is 0 Å². The number of fused-ring (bicyclic) bond motifs is 1. The molecule has 0 radical (unpaired) electrons. The van der Waals surface area contributed by atoms with Gasteiger partial charge in [0.15, 0.2) is 11.5 Å². The van der Waals surface area contributed by atoms with E-state index in [-0.39, 0.29) is 5.89 Å². The van der Waals surface area contributed by atoms with Crippen LogP contribution in [0.4, 0.5) is 11.5 Å². The van der Waals surface area contributed by atoms with Crippen molar-refractivity contribution in [3.63, 3.8) is 0 Å². The summed E-state index contributed by atoms with van der Waals surface area (Å²) >= 11 is 0. The molecule has 0 bridgehead atoms. The number of methoxy groups -OCH3 is 3. The van der Waals surface area contributed by atoms with Gasteiger partial charge in [0.05, 0.1) is 26.8 Å². The van der Waals surface area contributed by atoms with Crippen molar-refractivity contribution >= 4 is 22.4 Å². The van der Waals surface area contributed by atoms with E-state index in [1.807, 2.05) is 55.5 Å². The van der Waals surface area contributed by atoms with Gasteiger partial charge in [0.25, 0.3) is 5.89 Å². The molecule has 0 saturated heterocycles. The molecule has 9 heteroatoms. The van der Waals surface area contributed by atoms with E-state index in [0.29, 0.717) is 40.5 Å². The summed E-state index contributed by atoms with van der Waals surface area (Å²) in [5.41, 5.74) is 3.39. The van der Waals surface area contributed by atoms with Gasteiger partial charge in [-0.15, -0.1) is 10.2 Å². The van der Waals surface area contributed by atoms with Crippen LogP contribution in [0.5, 0.6) is 17.2 Å². The van der Waals surface area contributed by atoms with Crippen molar-refractivity contribution in [2.45, 2.75) is 6.92 Å². The van der Waals surface area contributed by atoms with E-state index in [2.05, 4.69) is 20.5 Å². The first kappa shape index (κ1) is 22.1. The van der Waals surface area contributed by atoms with Crippen molar-refractivity contribution in [2.24, 2.45) is 0 Å². The van der Waals surface area contributed by atoms with Crippen LogP contribution in [0.3, 0.4) is 0 Å². The molecule has 0 saturated carbocycles. The number of hydrogen-bond acceptors (Lipinski definition) is 9. The number of ether oxygens (including phenoxy) is 3. The zero-order chi connectivity index (χ0) is 24.4. The average Bonchev–Trinajstić information content (AvgIpc) is 3.39. The minimum Gasteiger partial charge on any atom is -0.493 e. The molecule has 3 aromatic carbocycles. The average molecular weight is 470 g/mol. The molecule has 2 heterocycles. The van der Waals surface area contributed by atoms with Gasteiger partial charge in [-0.2, -0.15) is 0 Å². The van der Waals surface area contributed by atoms with Crippen LogP contribution in [0.1, 0.15) is 5.56 Å². The third-order valence-corrected chi connectivity index (χ3v) is 5.45. The van der Waals surface area contributed by atoms with Gasteiger partial charge in [0.1, 0.15) is 5.82 Å². The van der Waals surface area contributed by atoms with Crippen LogP contribution >= 0.6 is 0 Å². The van der Waals surface area contributed by atoms with Crippen LogP contribution in [0.25, 0.3) is 34.1 Å². The van der Waals surface area contributed by atoms with Gasteiger partial charge in [0, 0.05) is 28.8 Å². The Kier molecular flexibility index (Phi) is 5.88. The van der Waals surface area contributed by atoms with Gasteiger partial charge in [-0.25, -0.2) is 9.97 Å². The number of aryl methyl sites for hydroxylation is 1. The fraction of sp³-hybridized carbons (Fsp3) is 0.154. The van der Waals surface area contributed by atoms with Crippen LogP contribution in [-0.4, -0.2) is 41.5 Å². The summed E-state index contributed by atoms with van der Waals surface area (Å²) in [5, 5.41) is 12.5. The number of anilines is 2. The van der Waals surface area contributed by atoms with Crippen molar-refractivity contribution in [3.05, 3.63) is 66.2 Å². The van der Waals surface area contributed by atoms with Gasteiger partial charge < -0.3 is 23.9 Å². The summed E-state index contributed by atoms with van der Waals surface area (Å²) in [7, 11) is 4.70. The molecular formula is C26H23N5O4. The lowest BCUT2D eigenvalue weighted by molar-refractivity contribution is 0.324. The molecular weight excluding hydrogens is 446 g/mol. The lowest BCUT2D eigenvalue weighted by atomic mass is 10.1. The Morgan fingerprint density at radius 3 is 2.14 bits per heavy atom. The third-order valence-electron chi connectivity index (χ3n) is 5.45. The number of para-hydroxylation sites is 1. The van der Waals surface area contributed by atoms with Crippen molar-refractivity contribution in [2.75, 3.05) is 26.6 Å². The molecule has 0 aliphatic rings. The number of nitrogens with one attached hydrogen (secondary N) is 1. The molecule has 1 N–H and O–H groups in total. The molecule has 5 aromatic rings. The fourth-order valence-electron chi connectivity index (χ4n) is 3.68. The Balaban J connectivity index is 1.57. The van der Waals surface area contributed by atoms with Gasteiger partial charge in [-0.05, 0) is 31.2 Å². The Morgan fingerprint density at radius 2 is 1.46 bits per heavy atom. The summed E-state index contributed by atoms with van der Waals surface area (Å²) in [6.45, 7) is 2.02. The van der Waals surface area contributed by atoms with E-state index >= 15 is 0 Å². The van der Waals surface area contributed by atoms with Gasteiger partial charge in [-0.3, -0.25) is 0 Å². The number of benzene rings is 3. The monoisotopic (exact) mass is 469 g/mol. The van der Waals surface area contributed by atoms with Gasteiger partial charge in [0.2, 0.25) is 17.5 Å². The Bertz CT molecular complexity index is 1470. The summed E-state index contributed by atoms with van der Waals surface area (Å²) in [5.74, 6) is 3.04. The first-order valence-electron chi connectivity index (χ1n) is 10.8. The molecule has 0 unspecified atom stereocenters. The topological polar surface area (TPSA) is 104 Å². The predicted molar refractivity (Wildman–Crippen MR) is 132 cm³/mol. The maximum absolute atomic E-state index is 5.92. The Hall–Kier alpha value is -4.66. The number of rotatable bonds is 7. The van der Waals surface area contributed by atoms with E-state index < -0.39 is 0 Å². The van der Waals surface area contributed by atoms with Crippen LogP contribution in [0.15, 0.2) is 65.1 Å². The Morgan fingerprint density at radius 1 is 0.771 bits per heavy atom. The highest BCUT2D eigenvalue weighted by atomic mass is 16.5. The molecule has 0 fully saturated rings. The third kappa shape index (κ3) is 4.31. The normalized spacial score (nSPS) is 10.9. The molecule has 9 nitrogen and oxygen atoms in total. The van der Waals surface area contributed by atoms with Crippen molar-refractivity contribution in [3.8, 4) is 40.4 Å².